The van der Waals surface area contributed by atoms with Crippen molar-refractivity contribution in [1.82, 2.24) is 19.5 Å². The summed E-state index contributed by atoms with van der Waals surface area (Å²) in [6.07, 6.45) is 7.25. The Labute approximate surface area is 107 Å². The molecular formula is C13H19N5. The van der Waals surface area contributed by atoms with Gasteiger partial charge in [-0.15, -0.1) is 0 Å². The lowest BCUT2D eigenvalue weighted by atomic mass is 9.91. The summed E-state index contributed by atoms with van der Waals surface area (Å²) in [5.41, 5.74) is 8.01. The average Bonchev–Trinajstić information content (AvgIpc) is 2.77. The van der Waals surface area contributed by atoms with Gasteiger partial charge in [-0.2, -0.15) is 9.61 Å². The first-order valence-corrected chi connectivity index (χ1v) is 6.49. The highest BCUT2D eigenvalue weighted by Gasteiger charge is 2.19. The first-order valence-electron chi connectivity index (χ1n) is 6.49. The van der Waals surface area contributed by atoms with Gasteiger partial charge in [0.1, 0.15) is 5.82 Å². The third-order valence-corrected chi connectivity index (χ3v) is 3.85. The van der Waals surface area contributed by atoms with Crippen LogP contribution in [-0.2, 0) is 6.42 Å². The zero-order valence-corrected chi connectivity index (χ0v) is 10.7. The maximum absolute atomic E-state index is 5.87. The molecular weight excluding hydrogens is 226 g/mol. The van der Waals surface area contributed by atoms with Crippen molar-refractivity contribution in [1.29, 1.82) is 0 Å². The molecule has 2 N–H and O–H groups in total. The molecule has 0 atom stereocenters. The van der Waals surface area contributed by atoms with Crippen LogP contribution in [0.2, 0.25) is 0 Å². The van der Waals surface area contributed by atoms with Crippen molar-refractivity contribution in [2.45, 2.75) is 19.3 Å². The van der Waals surface area contributed by atoms with Crippen LogP contribution in [0.15, 0.2) is 18.5 Å². The molecule has 0 aliphatic carbocycles. The highest BCUT2D eigenvalue weighted by Crippen LogP contribution is 2.23. The first-order chi connectivity index (χ1) is 8.74. The molecule has 0 amide bonds. The summed E-state index contributed by atoms with van der Waals surface area (Å²) in [4.78, 5) is 6.78. The van der Waals surface area contributed by atoms with E-state index in [0.717, 1.165) is 18.0 Å². The number of rotatable bonds is 2. The third kappa shape index (κ3) is 2.06. The quantitative estimate of drug-likeness (QED) is 0.863. The molecule has 18 heavy (non-hydrogen) atoms. The predicted octanol–water partition coefficient (Wildman–Crippen LogP) is 1.20. The summed E-state index contributed by atoms with van der Waals surface area (Å²) in [6, 6.07) is 1.78. The molecule has 3 heterocycles. The monoisotopic (exact) mass is 245 g/mol. The molecule has 1 fully saturated rings. The van der Waals surface area contributed by atoms with Crippen LogP contribution in [0.5, 0.6) is 0 Å². The standard InChI is InChI=1S/C13H19N5/c1-17-6-3-10(4-7-17)8-11-9-16-18-12(14)2-5-15-13(11)18/h2,5,9-10H,3-4,6-8,14H2,1H3. The van der Waals surface area contributed by atoms with Crippen LogP contribution in [0.3, 0.4) is 0 Å². The minimum absolute atomic E-state index is 0.648. The van der Waals surface area contributed by atoms with E-state index in [0.29, 0.717) is 5.82 Å². The number of nitrogen functional groups attached to an aromatic ring is 1. The van der Waals surface area contributed by atoms with Crippen LogP contribution in [0.4, 0.5) is 5.82 Å². The van der Waals surface area contributed by atoms with Gasteiger partial charge in [0, 0.05) is 11.8 Å². The van der Waals surface area contributed by atoms with Crippen LogP contribution in [0.25, 0.3) is 5.65 Å². The Bertz CT molecular complexity index is 539. The van der Waals surface area contributed by atoms with Crippen molar-refractivity contribution in [3.05, 3.63) is 24.0 Å². The van der Waals surface area contributed by atoms with Crippen molar-refractivity contribution in [3.8, 4) is 0 Å². The van der Waals surface area contributed by atoms with Gasteiger partial charge in [-0.3, -0.25) is 0 Å². The Kier molecular flexibility index (Phi) is 2.91. The Morgan fingerprint density at radius 3 is 2.94 bits per heavy atom. The molecule has 2 aromatic rings. The molecule has 0 unspecified atom stereocenters. The molecule has 0 saturated carbocycles. The molecule has 1 saturated heterocycles. The average molecular weight is 245 g/mol. The van der Waals surface area contributed by atoms with Crippen LogP contribution >= 0.6 is 0 Å². The van der Waals surface area contributed by atoms with Crippen molar-refractivity contribution < 1.29 is 0 Å². The fraction of sp³-hybridized carbons (Fsp3) is 0.538. The number of fused-ring (bicyclic) bond motifs is 1. The van der Waals surface area contributed by atoms with Gasteiger partial charge >= 0.3 is 0 Å². The molecule has 2 aromatic heterocycles. The van der Waals surface area contributed by atoms with Crippen molar-refractivity contribution in [3.63, 3.8) is 0 Å². The van der Waals surface area contributed by atoms with Gasteiger partial charge in [0.2, 0.25) is 0 Å². The molecule has 0 spiro atoms. The fourth-order valence-electron chi connectivity index (χ4n) is 2.68. The van der Waals surface area contributed by atoms with E-state index in [1.807, 2.05) is 6.20 Å². The topological polar surface area (TPSA) is 59.5 Å². The van der Waals surface area contributed by atoms with Crippen LogP contribution in [0.1, 0.15) is 18.4 Å². The minimum Gasteiger partial charge on any atom is -0.384 e. The minimum atomic E-state index is 0.648. The second-order valence-electron chi connectivity index (χ2n) is 5.23. The Balaban J connectivity index is 1.81. The second-order valence-corrected chi connectivity index (χ2v) is 5.23. The van der Waals surface area contributed by atoms with Crippen LogP contribution in [-0.4, -0.2) is 39.6 Å². The van der Waals surface area contributed by atoms with Gasteiger partial charge in [0.05, 0.1) is 6.20 Å². The lowest BCUT2D eigenvalue weighted by molar-refractivity contribution is 0.219. The first kappa shape index (κ1) is 11.5. The lowest BCUT2D eigenvalue weighted by Crippen LogP contribution is -2.30. The molecule has 0 radical (unpaired) electrons. The highest BCUT2D eigenvalue weighted by atomic mass is 15.3. The number of anilines is 1. The molecule has 1 aliphatic rings. The highest BCUT2D eigenvalue weighted by molar-refractivity contribution is 5.51. The summed E-state index contributed by atoms with van der Waals surface area (Å²) < 4.78 is 1.73. The van der Waals surface area contributed by atoms with Crippen LogP contribution < -0.4 is 5.73 Å². The SMILES string of the molecule is CN1CCC(Cc2cnn3c(N)ccnc23)CC1. The number of aromatic nitrogens is 3. The number of piperidine rings is 1. The smallest absolute Gasteiger partial charge is 0.160 e. The zero-order chi connectivity index (χ0) is 12.5. The molecule has 0 bridgehead atoms. The van der Waals surface area contributed by atoms with E-state index < -0.39 is 0 Å². The molecule has 3 rings (SSSR count). The van der Waals surface area contributed by atoms with Crippen molar-refractivity contribution in [2.75, 3.05) is 25.9 Å². The van der Waals surface area contributed by atoms with E-state index in [2.05, 4.69) is 22.0 Å². The van der Waals surface area contributed by atoms with Gasteiger partial charge in [-0.25, -0.2) is 4.98 Å². The van der Waals surface area contributed by atoms with E-state index >= 15 is 0 Å². The number of nitrogens with two attached hydrogens (primary N) is 1. The number of nitrogens with zero attached hydrogens (tertiary/aromatic N) is 4. The third-order valence-electron chi connectivity index (χ3n) is 3.85. The van der Waals surface area contributed by atoms with E-state index in [4.69, 9.17) is 5.73 Å². The molecule has 5 heteroatoms. The van der Waals surface area contributed by atoms with Gasteiger partial charge in [-0.05, 0) is 51.4 Å². The molecule has 1 aliphatic heterocycles. The Morgan fingerprint density at radius 2 is 2.17 bits per heavy atom. The maximum atomic E-state index is 5.87. The van der Waals surface area contributed by atoms with E-state index in [1.54, 1.807) is 16.8 Å². The normalized spacial score (nSPS) is 18.5. The number of hydrogen-bond donors (Lipinski definition) is 1. The largest absolute Gasteiger partial charge is 0.384 e. The summed E-state index contributed by atoms with van der Waals surface area (Å²) in [5.74, 6) is 1.40. The second kappa shape index (κ2) is 4.57. The number of likely N-dealkylation sites (tertiary alicyclic amines) is 1. The summed E-state index contributed by atoms with van der Waals surface area (Å²) in [6.45, 7) is 2.39. The summed E-state index contributed by atoms with van der Waals surface area (Å²) >= 11 is 0. The molecule has 0 aromatic carbocycles. The molecule has 96 valence electrons. The number of hydrogen-bond acceptors (Lipinski definition) is 4. The zero-order valence-electron chi connectivity index (χ0n) is 10.7. The van der Waals surface area contributed by atoms with Crippen LogP contribution in [0, 0.1) is 5.92 Å². The predicted molar refractivity (Wildman–Crippen MR) is 71.3 cm³/mol. The Hall–Kier alpha value is -1.62. The lowest BCUT2D eigenvalue weighted by Gasteiger charge is -2.28. The molecule has 5 nitrogen and oxygen atoms in total. The fourth-order valence-corrected chi connectivity index (χ4v) is 2.68. The van der Waals surface area contributed by atoms with E-state index in [9.17, 15) is 0 Å². The Morgan fingerprint density at radius 1 is 1.39 bits per heavy atom. The van der Waals surface area contributed by atoms with E-state index in [1.165, 1.54) is 31.5 Å². The van der Waals surface area contributed by atoms with Crippen molar-refractivity contribution >= 4 is 11.5 Å². The maximum Gasteiger partial charge on any atom is 0.160 e. The van der Waals surface area contributed by atoms with Gasteiger partial charge in [0.15, 0.2) is 5.65 Å². The van der Waals surface area contributed by atoms with E-state index in [-0.39, 0.29) is 0 Å². The van der Waals surface area contributed by atoms with Gasteiger partial charge in [-0.1, -0.05) is 0 Å². The summed E-state index contributed by atoms with van der Waals surface area (Å²) in [5, 5.41) is 4.32. The van der Waals surface area contributed by atoms with Gasteiger partial charge in [0.25, 0.3) is 0 Å². The van der Waals surface area contributed by atoms with Crippen molar-refractivity contribution in [2.24, 2.45) is 5.92 Å². The van der Waals surface area contributed by atoms with Gasteiger partial charge < -0.3 is 10.6 Å². The summed E-state index contributed by atoms with van der Waals surface area (Å²) in [7, 11) is 2.19.